The highest BCUT2D eigenvalue weighted by molar-refractivity contribution is 5.93. The number of amides is 2. The Hall–Kier alpha value is -2.16. The summed E-state index contributed by atoms with van der Waals surface area (Å²) < 4.78 is 39.4. The molecule has 0 aliphatic rings. The third kappa shape index (κ3) is 6.69. The number of rotatable bonds is 5. The quantitative estimate of drug-likeness (QED) is 0.621. The van der Waals surface area contributed by atoms with Crippen LogP contribution in [0.3, 0.4) is 0 Å². The maximum atomic E-state index is 11.7. The highest BCUT2D eigenvalue weighted by Gasteiger charge is 2.27. The molecule has 1 aromatic heterocycles. The number of carbonyl (C=O) groups is 2. The number of nitrogens with zero attached hydrogens (tertiary/aromatic N) is 1. The summed E-state index contributed by atoms with van der Waals surface area (Å²) in [5.41, 5.74) is 4.21. The van der Waals surface area contributed by atoms with E-state index in [-0.39, 0.29) is 12.1 Å². The molecule has 0 fully saturated rings. The van der Waals surface area contributed by atoms with Crippen LogP contribution >= 0.6 is 0 Å². The van der Waals surface area contributed by atoms with Gasteiger partial charge in [-0.15, -0.1) is 0 Å². The van der Waals surface area contributed by atoms with Gasteiger partial charge in [-0.05, 0) is 12.1 Å². The topological polar surface area (TPSA) is 80.3 Å². The lowest BCUT2D eigenvalue weighted by atomic mass is 10.3. The Labute approximate surface area is 112 Å². The number of carbonyl (C=O) groups excluding carboxylic acids is 2. The fraction of sp³-hybridized carbons (Fsp3) is 0.364. The Morgan fingerprint density at radius 2 is 2.00 bits per heavy atom. The summed E-state index contributed by atoms with van der Waals surface area (Å²) in [6, 6.07) is 4.65. The first kappa shape index (κ1) is 15.9. The second kappa shape index (κ2) is 7.43. The molecule has 1 heterocycles. The van der Waals surface area contributed by atoms with Crippen molar-refractivity contribution in [2.45, 2.75) is 12.6 Å². The standard InChI is InChI=1S/C11H12F3N3O3/c12-11(13,14)7-20-6-4-9(18)16-17-10(19)8-3-1-2-5-15-8/h1-3,5H,4,6-7H2,(H,16,18)(H,17,19). The first-order chi connectivity index (χ1) is 9.38. The van der Waals surface area contributed by atoms with E-state index < -0.39 is 31.2 Å². The lowest BCUT2D eigenvalue weighted by Gasteiger charge is -2.08. The summed E-state index contributed by atoms with van der Waals surface area (Å²) in [4.78, 5) is 26.4. The molecular weight excluding hydrogens is 279 g/mol. The maximum absolute atomic E-state index is 11.7. The molecule has 0 bridgehead atoms. The van der Waals surface area contributed by atoms with Gasteiger partial charge in [0, 0.05) is 6.20 Å². The van der Waals surface area contributed by atoms with Crippen molar-refractivity contribution < 1.29 is 27.5 Å². The number of halogens is 3. The van der Waals surface area contributed by atoms with Crippen molar-refractivity contribution in [3.8, 4) is 0 Å². The molecule has 0 aliphatic carbocycles. The maximum Gasteiger partial charge on any atom is 0.411 e. The van der Waals surface area contributed by atoms with E-state index in [1.165, 1.54) is 12.3 Å². The Bertz CT molecular complexity index is 451. The number of alkyl halides is 3. The van der Waals surface area contributed by atoms with Crippen molar-refractivity contribution in [2.24, 2.45) is 0 Å². The highest BCUT2D eigenvalue weighted by atomic mass is 19.4. The molecule has 1 aromatic rings. The zero-order valence-corrected chi connectivity index (χ0v) is 10.2. The van der Waals surface area contributed by atoms with E-state index in [1.54, 1.807) is 12.1 Å². The smallest absolute Gasteiger partial charge is 0.372 e. The zero-order valence-electron chi connectivity index (χ0n) is 10.2. The molecule has 2 N–H and O–H groups in total. The Morgan fingerprint density at radius 3 is 2.60 bits per heavy atom. The molecule has 0 aromatic carbocycles. The molecule has 9 heteroatoms. The molecule has 0 saturated heterocycles. The van der Waals surface area contributed by atoms with Gasteiger partial charge in [0.25, 0.3) is 5.91 Å². The first-order valence-corrected chi connectivity index (χ1v) is 5.53. The fourth-order valence-corrected chi connectivity index (χ4v) is 1.10. The first-order valence-electron chi connectivity index (χ1n) is 5.53. The second-order valence-electron chi connectivity index (χ2n) is 3.64. The Morgan fingerprint density at radius 1 is 1.25 bits per heavy atom. The van der Waals surface area contributed by atoms with Crippen molar-refractivity contribution in [3.05, 3.63) is 30.1 Å². The van der Waals surface area contributed by atoms with Crippen molar-refractivity contribution in [3.63, 3.8) is 0 Å². The molecule has 6 nitrogen and oxygen atoms in total. The third-order valence-corrected chi connectivity index (χ3v) is 1.95. The number of ether oxygens (including phenoxy) is 1. The number of hydrazine groups is 1. The van der Waals surface area contributed by atoms with Crippen molar-refractivity contribution in [1.82, 2.24) is 15.8 Å². The summed E-state index contributed by atoms with van der Waals surface area (Å²) in [5, 5.41) is 0. The predicted molar refractivity (Wildman–Crippen MR) is 61.3 cm³/mol. The van der Waals surface area contributed by atoms with Gasteiger partial charge in [-0.1, -0.05) is 6.07 Å². The minimum atomic E-state index is -4.43. The van der Waals surface area contributed by atoms with Gasteiger partial charge in [0.1, 0.15) is 12.3 Å². The minimum Gasteiger partial charge on any atom is -0.372 e. The average molecular weight is 291 g/mol. The summed E-state index contributed by atoms with van der Waals surface area (Å²) >= 11 is 0. The van der Waals surface area contributed by atoms with E-state index >= 15 is 0 Å². The van der Waals surface area contributed by atoms with E-state index in [1.807, 2.05) is 5.43 Å². The largest absolute Gasteiger partial charge is 0.411 e. The minimum absolute atomic E-state index is 0.0983. The van der Waals surface area contributed by atoms with E-state index in [4.69, 9.17) is 0 Å². The van der Waals surface area contributed by atoms with Gasteiger partial charge in [0.15, 0.2) is 0 Å². The molecule has 0 radical (unpaired) electrons. The second-order valence-corrected chi connectivity index (χ2v) is 3.64. The van der Waals surface area contributed by atoms with Crippen molar-refractivity contribution in [2.75, 3.05) is 13.2 Å². The zero-order chi connectivity index (χ0) is 15.0. The van der Waals surface area contributed by atoms with Gasteiger partial charge in [0.2, 0.25) is 5.91 Å². The van der Waals surface area contributed by atoms with E-state index in [2.05, 4.69) is 15.1 Å². The molecule has 110 valence electrons. The molecule has 0 unspecified atom stereocenters. The molecular formula is C11H12F3N3O3. The molecule has 0 atom stereocenters. The van der Waals surface area contributed by atoms with Gasteiger partial charge >= 0.3 is 6.18 Å². The SMILES string of the molecule is O=C(CCOCC(F)(F)F)NNC(=O)c1ccccn1. The third-order valence-electron chi connectivity index (χ3n) is 1.95. The normalized spacial score (nSPS) is 10.9. The number of pyridine rings is 1. The molecule has 0 spiro atoms. The van der Waals surface area contributed by atoms with E-state index in [0.29, 0.717) is 0 Å². The van der Waals surface area contributed by atoms with Crippen LogP contribution in [0.4, 0.5) is 13.2 Å². The van der Waals surface area contributed by atoms with Crippen LogP contribution in [0.1, 0.15) is 16.9 Å². The molecule has 20 heavy (non-hydrogen) atoms. The van der Waals surface area contributed by atoms with Gasteiger partial charge in [-0.3, -0.25) is 25.4 Å². The van der Waals surface area contributed by atoms with Crippen LogP contribution in [-0.2, 0) is 9.53 Å². The monoisotopic (exact) mass is 291 g/mol. The van der Waals surface area contributed by atoms with Gasteiger partial charge in [0.05, 0.1) is 13.0 Å². The van der Waals surface area contributed by atoms with Crippen LogP contribution in [-0.4, -0.2) is 36.2 Å². The fourth-order valence-electron chi connectivity index (χ4n) is 1.10. The number of aromatic nitrogens is 1. The van der Waals surface area contributed by atoms with Crippen LogP contribution < -0.4 is 10.9 Å². The van der Waals surface area contributed by atoms with Crippen LogP contribution in [0.25, 0.3) is 0 Å². The average Bonchev–Trinajstić information content (AvgIpc) is 2.41. The van der Waals surface area contributed by atoms with Crippen LogP contribution in [0.5, 0.6) is 0 Å². The van der Waals surface area contributed by atoms with Gasteiger partial charge < -0.3 is 4.74 Å². The van der Waals surface area contributed by atoms with Crippen LogP contribution in [0.15, 0.2) is 24.4 Å². The molecule has 1 rings (SSSR count). The lowest BCUT2D eigenvalue weighted by Crippen LogP contribution is -2.42. The van der Waals surface area contributed by atoms with Gasteiger partial charge in [-0.2, -0.15) is 13.2 Å². The van der Waals surface area contributed by atoms with Gasteiger partial charge in [-0.25, -0.2) is 0 Å². The predicted octanol–water partition coefficient (Wildman–Crippen LogP) is 0.812. The molecule has 0 saturated carbocycles. The Kier molecular flexibility index (Phi) is 5.91. The summed E-state index contributed by atoms with van der Waals surface area (Å²) in [7, 11) is 0. The summed E-state index contributed by atoms with van der Waals surface area (Å²) in [6.07, 6.45) is -3.33. The molecule has 2 amide bonds. The Balaban J connectivity index is 2.19. The molecule has 0 aliphatic heterocycles. The van der Waals surface area contributed by atoms with Crippen LogP contribution in [0, 0.1) is 0 Å². The summed E-state index contributed by atoms with van der Waals surface area (Å²) in [6.45, 7) is -1.81. The van der Waals surface area contributed by atoms with Crippen molar-refractivity contribution in [1.29, 1.82) is 0 Å². The lowest BCUT2D eigenvalue weighted by molar-refractivity contribution is -0.174. The van der Waals surface area contributed by atoms with Crippen LogP contribution in [0.2, 0.25) is 0 Å². The van der Waals surface area contributed by atoms with E-state index in [9.17, 15) is 22.8 Å². The number of hydrogen-bond donors (Lipinski definition) is 2. The van der Waals surface area contributed by atoms with Crippen molar-refractivity contribution >= 4 is 11.8 Å². The highest BCUT2D eigenvalue weighted by Crippen LogP contribution is 2.14. The number of hydrogen-bond acceptors (Lipinski definition) is 4. The number of nitrogens with one attached hydrogen (secondary N) is 2. The van der Waals surface area contributed by atoms with E-state index in [0.717, 1.165) is 0 Å². The summed E-state index contributed by atoms with van der Waals surface area (Å²) in [5.74, 6) is -1.30.